The topological polar surface area (TPSA) is 69.6 Å². The number of nitrogens with one attached hydrogen (secondary N) is 1. The van der Waals surface area contributed by atoms with Crippen LogP contribution in [0.4, 0.5) is 9.18 Å². The van der Waals surface area contributed by atoms with Crippen molar-refractivity contribution in [3.63, 3.8) is 0 Å². The van der Waals surface area contributed by atoms with Crippen molar-refractivity contribution < 1.29 is 19.1 Å². The number of benzene rings is 3. The quantitative estimate of drug-likeness (QED) is 0.657. The largest absolute Gasteiger partial charge is 0.387 e. The molecule has 1 aliphatic rings. The zero-order valence-electron chi connectivity index (χ0n) is 15.5. The Bertz CT molecular complexity index is 1000. The SMILES string of the molecule is O=C1NC(c2ccccc2)(c2ccccc2)C(=O)N1CC(O)c1cccc(F)c1. The minimum Gasteiger partial charge on any atom is -0.387 e. The van der Waals surface area contributed by atoms with Crippen LogP contribution in [0.2, 0.25) is 0 Å². The fourth-order valence-corrected chi connectivity index (χ4v) is 3.67. The molecule has 146 valence electrons. The summed E-state index contributed by atoms with van der Waals surface area (Å²) >= 11 is 0. The van der Waals surface area contributed by atoms with Crippen molar-refractivity contribution >= 4 is 11.9 Å². The molecule has 0 radical (unpaired) electrons. The fourth-order valence-electron chi connectivity index (χ4n) is 3.67. The smallest absolute Gasteiger partial charge is 0.325 e. The highest BCUT2D eigenvalue weighted by Gasteiger charge is 2.53. The van der Waals surface area contributed by atoms with Crippen molar-refractivity contribution in [1.82, 2.24) is 10.2 Å². The second-order valence-corrected chi connectivity index (χ2v) is 6.90. The van der Waals surface area contributed by atoms with Crippen LogP contribution in [0, 0.1) is 5.82 Å². The monoisotopic (exact) mass is 390 g/mol. The third-order valence-electron chi connectivity index (χ3n) is 5.11. The van der Waals surface area contributed by atoms with E-state index in [2.05, 4.69) is 5.32 Å². The lowest BCUT2D eigenvalue weighted by Crippen LogP contribution is -2.45. The summed E-state index contributed by atoms with van der Waals surface area (Å²) in [6, 6.07) is 22.8. The van der Waals surface area contributed by atoms with Crippen LogP contribution in [0.25, 0.3) is 0 Å². The number of nitrogens with zero attached hydrogens (tertiary/aromatic N) is 1. The number of hydrogen-bond acceptors (Lipinski definition) is 3. The lowest BCUT2D eigenvalue weighted by atomic mass is 9.82. The first kappa shape index (κ1) is 18.8. The molecule has 1 aliphatic heterocycles. The molecule has 3 aromatic carbocycles. The van der Waals surface area contributed by atoms with Crippen molar-refractivity contribution in [3.05, 3.63) is 107 Å². The van der Waals surface area contributed by atoms with Gasteiger partial charge in [0, 0.05) is 0 Å². The van der Waals surface area contributed by atoms with E-state index in [4.69, 9.17) is 0 Å². The Balaban J connectivity index is 1.72. The molecule has 2 N–H and O–H groups in total. The molecule has 4 rings (SSSR count). The van der Waals surface area contributed by atoms with E-state index >= 15 is 0 Å². The van der Waals surface area contributed by atoms with Gasteiger partial charge in [-0.15, -0.1) is 0 Å². The van der Waals surface area contributed by atoms with E-state index < -0.39 is 29.4 Å². The number of aliphatic hydroxyl groups is 1. The van der Waals surface area contributed by atoms with Gasteiger partial charge in [-0.2, -0.15) is 0 Å². The number of imide groups is 1. The van der Waals surface area contributed by atoms with E-state index in [0.717, 1.165) is 4.90 Å². The predicted octanol–water partition coefficient (Wildman–Crippen LogP) is 3.35. The summed E-state index contributed by atoms with van der Waals surface area (Å²) in [4.78, 5) is 27.3. The molecule has 0 saturated carbocycles. The Kier molecular flexibility index (Phi) is 4.86. The van der Waals surface area contributed by atoms with Crippen LogP contribution < -0.4 is 5.32 Å². The van der Waals surface area contributed by atoms with E-state index in [0.29, 0.717) is 16.7 Å². The molecule has 1 heterocycles. The van der Waals surface area contributed by atoms with Gasteiger partial charge < -0.3 is 10.4 Å². The maximum absolute atomic E-state index is 13.5. The van der Waals surface area contributed by atoms with Gasteiger partial charge in [0.1, 0.15) is 5.82 Å². The van der Waals surface area contributed by atoms with Gasteiger partial charge in [-0.1, -0.05) is 72.8 Å². The zero-order valence-corrected chi connectivity index (χ0v) is 15.5. The van der Waals surface area contributed by atoms with Gasteiger partial charge in [0.25, 0.3) is 5.91 Å². The van der Waals surface area contributed by atoms with Gasteiger partial charge in [-0.3, -0.25) is 9.69 Å². The van der Waals surface area contributed by atoms with Crippen molar-refractivity contribution in [1.29, 1.82) is 0 Å². The van der Waals surface area contributed by atoms with Crippen LogP contribution >= 0.6 is 0 Å². The standard InChI is InChI=1S/C23H19FN2O3/c24-19-13-7-8-16(14-19)20(27)15-26-21(28)23(25-22(26)29,17-9-3-1-4-10-17)18-11-5-2-6-12-18/h1-14,20,27H,15H2,(H,25,29). The molecule has 29 heavy (non-hydrogen) atoms. The summed E-state index contributed by atoms with van der Waals surface area (Å²) in [6.45, 7) is -0.282. The summed E-state index contributed by atoms with van der Waals surface area (Å²) in [5.74, 6) is -0.989. The van der Waals surface area contributed by atoms with Gasteiger partial charge in [0.05, 0.1) is 12.6 Å². The maximum atomic E-state index is 13.5. The number of urea groups is 1. The minimum atomic E-state index is -1.39. The molecule has 3 aromatic rings. The minimum absolute atomic E-state index is 0.282. The molecule has 1 fully saturated rings. The normalized spacial score (nSPS) is 16.6. The van der Waals surface area contributed by atoms with Gasteiger partial charge in [0.15, 0.2) is 5.54 Å². The van der Waals surface area contributed by atoms with Crippen LogP contribution in [-0.2, 0) is 10.3 Å². The van der Waals surface area contributed by atoms with Crippen LogP contribution in [-0.4, -0.2) is 28.5 Å². The number of aliphatic hydroxyl groups excluding tert-OH is 1. The molecule has 0 spiro atoms. The average molecular weight is 390 g/mol. The lowest BCUT2D eigenvalue weighted by molar-refractivity contribution is -0.131. The Hall–Kier alpha value is -3.51. The molecular formula is C23H19FN2O3. The number of amides is 3. The van der Waals surface area contributed by atoms with Crippen LogP contribution in [0.5, 0.6) is 0 Å². The van der Waals surface area contributed by atoms with Crippen LogP contribution in [0.15, 0.2) is 84.9 Å². The summed E-state index contributed by atoms with van der Waals surface area (Å²) in [5.41, 5.74) is 0.142. The Morgan fingerprint density at radius 2 is 1.48 bits per heavy atom. The Morgan fingerprint density at radius 1 is 0.897 bits per heavy atom. The molecule has 1 unspecified atom stereocenters. The molecule has 1 saturated heterocycles. The molecule has 3 amide bonds. The van der Waals surface area contributed by atoms with Gasteiger partial charge in [-0.25, -0.2) is 9.18 Å². The average Bonchev–Trinajstić information content (AvgIpc) is 3.00. The molecule has 5 nitrogen and oxygen atoms in total. The highest BCUT2D eigenvalue weighted by atomic mass is 19.1. The number of rotatable bonds is 5. The van der Waals surface area contributed by atoms with E-state index in [1.54, 1.807) is 54.6 Å². The molecule has 0 aromatic heterocycles. The molecule has 0 bridgehead atoms. The van der Waals surface area contributed by atoms with E-state index in [1.807, 2.05) is 12.1 Å². The predicted molar refractivity (Wildman–Crippen MR) is 105 cm³/mol. The first-order valence-electron chi connectivity index (χ1n) is 9.21. The van der Waals surface area contributed by atoms with E-state index in [1.165, 1.54) is 18.2 Å². The maximum Gasteiger partial charge on any atom is 0.325 e. The number of carbonyl (C=O) groups excluding carboxylic acids is 2. The first-order valence-corrected chi connectivity index (χ1v) is 9.21. The summed E-state index contributed by atoms with van der Waals surface area (Å²) in [5, 5.41) is 13.3. The third kappa shape index (κ3) is 3.28. The molecule has 1 atom stereocenters. The van der Waals surface area contributed by atoms with Gasteiger partial charge >= 0.3 is 6.03 Å². The summed E-state index contributed by atoms with van der Waals surface area (Å²) in [7, 11) is 0. The molecule has 0 aliphatic carbocycles. The highest BCUT2D eigenvalue weighted by molar-refractivity contribution is 6.09. The second kappa shape index (κ2) is 7.48. The zero-order chi connectivity index (χ0) is 20.4. The van der Waals surface area contributed by atoms with E-state index in [9.17, 15) is 19.1 Å². The van der Waals surface area contributed by atoms with E-state index in [-0.39, 0.29) is 6.54 Å². The van der Waals surface area contributed by atoms with Gasteiger partial charge in [-0.05, 0) is 28.8 Å². The number of hydrogen-bond donors (Lipinski definition) is 2. The summed E-state index contributed by atoms with van der Waals surface area (Å²) < 4.78 is 13.5. The lowest BCUT2D eigenvalue weighted by Gasteiger charge is -2.28. The first-order chi connectivity index (χ1) is 14.0. The molecule has 6 heteroatoms. The summed E-state index contributed by atoms with van der Waals surface area (Å²) in [6.07, 6.45) is -1.21. The van der Waals surface area contributed by atoms with Gasteiger partial charge in [0.2, 0.25) is 0 Å². The van der Waals surface area contributed by atoms with Crippen LogP contribution in [0.1, 0.15) is 22.8 Å². The van der Waals surface area contributed by atoms with Crippen molar-refractivity contribution in [2.45, 2.75) is 11.6 Å². The second-order valence-electron chi connectivity index (χ2n) is 6.90. The fraction of sp³-hybridized carbons (Fsp3) is 0.130. The number of carbonyl (C=O) groups is 2. The third-order valence-corrected chi connectivity index (χ3v) is 5.11. The Morgan fingerprint density at radius 3 is 2.03 bits per heavy atom. The number of halogens is 1. The van der Waals surface area contributed by atoms with Crippen LogP contribution in [0.3, 0.4) is 0 Å². The van der Waals surface area contributed by atoms with Crippen molar-refractivity contribution in [2.75, 3.05) is 6.54 Å². The molecular weight excluding hydrogens is 371 g/mol. The number of β-amino-alcohol motifs (C(OH)–C–C–N with tert-alkyl or cyclic N) is 1. The van der Waals surface area contributed by atoms with Crippen molar-refractivity contribution in [2.24, 2.45) is 0 Å². The highest BCUT2D eigenvalue weighted by Crippen LogP contribution is 2.36. The van der Waals surface area contributed by atoms with Crippen molar-refractivity contribution in [3.8, 4) is 0 Å². The Labute approximate surface area is 167 Å².